The maximum absolute atomic E-state index is 6.32. The van der Waals surface area contributed by atoms with E-state index in [9.17, 15) is 0 Å². The van der Waals surface area contributed by atoms with Crippen LogP contribution in [0.1, 0.15) is 50.0 Å². The first kappa shape index (κ1) is 20.0. The van der Waals surface area contributed by atoms with E-state index in [0.29, 0.717) is 18.5 Å². The number of benzene rings is 1. The number of rotatable bonds is 8. The highest BCUT2D eigenvalue weighted by Gasteiger charge is 2.54. The summed E-state index contributed by atoms with van der Waals surface area (Å²) < 4.78 is 6.32. The predicted molar refractivity (Wildman–Crippen MR) is 126 cm³/mol. The Morgan fingerprint density at radius 3 is 2.59 bits per heavy atom. The van der Waals surface area contributed by atoms with Gasteiger partial charge in [0.05, 0.1) is 6.04 Å². The minimum atomic E-state index is -0.0117. The summed E-state index contributed by atoms with van der Waals surface area (Å²) in [6, 6.07) is 8.82. The van der Waals surface area contributed by atoms with Gasteiger partial charge in [-0.05, 0) is 79.5 Å². The Kier molecular flexibility index (Phi) is 4.59. The third-order valence-electron chi connectivity index (χ3n) is 8.24. The summed E-state index contributed by atoms with van der Waals surface area (Å²) in [6.45, 7) is 0.577. The maximum atomic E-state index is 6.32. The second-order valence-electron chi connectivity index (χ2n) is 10.6. The summed E-state index contributed by atoms with van der Waals surface area (Å²) >= 11 is 0. The van der Waals surface area contributed by atoms with Crippen molar-refractivity contribution in [2.24, 2.45) is 17.8 Å². The van der Waals surface area contributed by atoms with Gasteiger partial charge in [0.25, 0.3) is 5.95 Å². The Hall–Kier alpha value is -3.43. The molecule has 1 atom stereocenters. The quantitative estimate of drug-likeness (QED) is 0.314. The van der Waals surface area contributed by atoms with Crippen molar-refractivity contribution in [1.82, 2.24) is 35.8 Å². The average molecular weight is 460 g/mol. The molecule has 10 heteroatoms. The molecule has 0 spiro atoms. The lowest BCUT2D eigenvalue weighted by atomic mass is 9.49. The number of nitrogens with zero attached hydrogens (tertiary/aromatic N) is 5. The molecule has 3 aromatic heterocycles. The van der Waals surface area contributed by atoms with Crippen LogP contribution in [-0.4, -0.2) is 48.4 Å². The van der Waals surface area contributed by atoms with E-state index in [1.165, 1.54) is 49.5 Å². The van der Waals surface area contributed by atoms with Gasteiger partial charge in [0.2, 0.25) is 5.89 Å². The fourth-order valence-electron chi connectivity index (χ4n) is 7.23. The van der Waals surface area contributed by atoms with Gasteiger partial charge in [-0.2, -0.15) is 5.21 Å². The molecule has 4 N–H and O–H groups in total. The third kappa shape index (κ3) is 3.52. The lowest BCUT2D eigenvalue weighted by Crippen LogP contribution is -2.48. The number of H-pyrrole nitrogens is 2. The summed E-state index contributed by atoms with van der Waals surface area (Å²) in [5.74, 6) is 3.81. The fourth-order valence-corrected chi connectivity index (χ4v) is 7.23. The summed E-state index contributed by atoms with van der Waals surface area (Å²) in [5.41, 5.74) is 2.45. The van der Waals surface area contributed by atoms with Gasteiger partial charge in [-0.25, -0.2) is 0 Å². The van der Waals surface area contributed by atoms with Crippen LogP contribution in [0.15, 0.2) is 34.9 Å². The first-order valence-electron chi connectivity index (χ1n) is 12.4. The number of aromatic nitrogens is 7. The summed E-state index contributed by atoms with van der Waals surface area (Å²) in [4.78, 5) is 3.37. The zero-order valence-electron chi connectivity index (χ0n) is 19.0. The molecule has 0 aliphatic heterocycles. The number of fused-ring (bicyclic) bond motifs is 1. The Morgan fingerprint density at radius 1 is 1.03 bits per heavy atom. The minimum Gasteiger partial charge on any atom is -0.408 e. The first-order chi connectivity index (χ1) is 16.7. The summed E-state index contributed by atoms with van der Waals surface area (Å²) in [6.07, 6.45) is 10.6. The normalized spacial score (nSPS) is 28.4. The molecule has 4 bridgehead atoms. The van der Waals surface area contributed by atoms with Gasteiger partial charge < -0.3 is 20.0 Å². The van der Waals surface area contributed by atoms with Crippen LogP contribution in [0.5, 0.6) is 0 Å². The van der Waals surface area contributed by atoms with Gasteiger partial charge >= 0.3 is 6.01 Å². The molecule has 4 aliphatic rings. The summed E-state index contributed by atoms with van der Waals surface area (Å²) in [7, 11) is 0. The van der Waals surface area contributed by atoms with Gasteiger partial charge in [-0.3, -0.25) is 0 Å². The molecular formula is C24H29N9O. The van der Waals surface area contributed by atoms with Crippen molar-refractivity contribution in [2.75, 3.05) is 17.2 Å². The van der Waals surface area contributed by atoms with E-state index in [2.05, 4.69) is 70.8 Å². The van der Waals surface area contributed by atoms with Gasteiger partial charge in [0.1, 0.15) is 0 Å². The molecular weight excluding hydrogens is 430 g/mol. The van der Waals surface area contributed by atoms with Crippen LogP contribution in [0.2, 0.25) is 0 Å². The lowest BCUT2D eigenvalue weighted by molar-refractivity contribution is -0.0175. The number of hydrogen-bond donors (Lipinski definition) is 4. The van der Waals surface area contributed by atoms with Crippen LogP contribution in [0.4, 0.5) is 12.0 Å². The SMILES string of the molecule is c1ccc2c(C[C@@H](CNc3nn[nH]n3)Nc3nnc(C45CC6CC(CC(C6)C4)C5)o3)c[nH]c2c1. The Morgan fingerprint density at radius 2 is 1.82 bits per heavy atom. The second-order valence-corrected chi connectivity index (χ2v) is 10.6. The van der Waals surface area contributed by atoms with E-state index in [1.54, 1.807) is 0 Å². The fraction of sp³-hybridized carbons (Fsp3) is 0.542. The highest BCUT2D eigenvalue weighted by molar-refractivity contribution is 5.83. The van der Waals surface area contributed by atoms with Crippen molar-refractivity contribution in [1.29, 1.82) is 0 Å². The van der Waals surface area contributed by atoms with Crippen LogP contribution in [0, 0.1) is 17.8 Å². The van der Waals surface area contributed by atoms with Crippen molar-refractivity contribution in [3.05, 3.63) is 41.9 Å². The van der Waals surface area contributed by atoms with Crippen LogP contribution >= 0.6 is 0 Å². The number of nitrogens with one attached hydrogen (secondary N) is 4. The van der Waals surface area contributed by atoms with E-state index in [4.69, 9.17) is 4.42 Å². The largest absolute Gasteiger partial charge is 0.408 e. The first-order valence-corrected chi connectivity index (χ1v) is 12.4. The molecule has 0 amide bonds. The van der Waals surface area contributed by atoms with Crippen molar-refractivity contribution in [2.45, 2.75) is 56.4 Å². The van der Waals surface area contributed by atoms with Gasteiger partial charge in [-0.15, -0.1) is 10.2 Å². The zero-order valence-corrected chi connectivity index (χ0v) is 19.0. The standard InChI is InChI=1S/C24H29N9O/c1-2-4-20-19(3-1)17(12-25-20)8-18(13-26-22-29-32-33-30-22)27-23-31-28-21(34-23)24-9-14-5-15(10-24)7-16(6-14)11-24/h1-4,12,14-16,18,25H,5-11,13H2,(H,27,31)(H2,26,29,30,32,33)/t14?,15?,16?,18-,24?/m0/s1. The molecule has 4 fully saturated rings. The number of hydrogen-bond acceptors (Lipinski definition) is 8. The third-order valence-corrected chi connectivity index (χ3v) is 8.24. The van der Waals surface area contributed by atoms with E-state index in [1.807, 2.05) is 6.07 Å². The summed E-state index contributed by atoms with van der Waals surface area (Å²) in [5, 5.41) is 31.1. The molecule has 4 saturated carbocycles. The van der Waals surface area contributed by atoms with Crippen molar-refractivity contribution < 1.29 is 4.42 Å². The van der Waals surface area contributed by atoms with E-state index < -0.39 is 0 Å². The van der Waals surface area contributed by atoms with Crippen molar-refractivity contribution in [3.8, 4) is 0 Å². The molecule has 0 radical (unpaired) electrons. The Labute approximate surface area is 196 Å². The monoisotopic (exact) mass is 459 g/mol. The zero-order chi connectivity index (χ0) is 22.5. The second kappa shape index (κ2) is 7.82. The number of tetrazole rings is 1. The highest BCUT2D eigenvalue weighted by atomic mass is 16.4. The topological polar surface area (TPSA) is 133 Å². The smallest absolute Gasteiger partial charge is 0.315 e. The van der Waals surface area contributed by atoms with Crippen molar-refractivity contribution >= 4 is 22.9 Å². The minimum absolute atomic E-state index is 0.0117. The van der Waals surface area contributed by atoms with Gasteiger partial charge in [0, 0.05) is 29.1 Å². The van der Waals surface area contributed by atoms with Crippen LogP contribution in [-0.2, 0) is 11.8 Å². The number of anilines is 2. The molecule has 10 nitrogen and oxygen atoms in total. The number of para-hydroxylation sites is 1. The number of aromatic amines is 2. The molecule has 3 heterocycles. The Bertz CT molecular complexity index is 1240. The van der Waals surface area contributed by atoms with Crippen LogP contribution < -0.4 is 10.6 Å². The molecule has 8 rings (SSSR count). The maximum Gasteiger partial charge on any atom is 0.315 e. The van der Waals surface area contributed by atoms with Crippen LogP contribution in [0.25, 0.3) is 10.9 Å². The molecule has 4 aromatic rings. The molecule has 0 unspecified atom stereocenters. The molecule has 176 valence electrons. The van der Waals surface area contributed by atoms with Crippen LogP contribution in [0.3, 0.4) is 0 Å². The van der Waals surface area contributed by atoms with E-state index >= 15 is 0 Å². The molecule has 4 aliphatic carbocycles. The average Bonchev–Trinajstić information content (AvgIpc) is 3.59. The molecule has 34 heavy (non-hydrogen) atoms. The van der Waals surface area contributed by atoms with Crippen molar-refractivity contribution in [3.63, 3.8) is 0 Å². The Balaban J connectivity index is 1.12. The van der Waals surface area contributed by atoms with E-state index in [-0.39, 0.29) is 11.5 Å². The predicted octanol–water partition coefficient (Wildman–Crippen LogP) is 3.67. The molecule has 1 aromatic carbocycles. The van der Waals surface area contributed by atoms with Gasteiger partial charge in [0.15, 0.2) is 0 Å². The van der Waals surface area contributed by atoms with E-state index in [0.717, 1.165) is 35.6 Å². The van der Waals surface area contributed by atoms with Gasteiger partial charge in [-0.1, -0.05) is 28.4 Å². The molecule has 0 saturated heterocycles. The lowest BCUT2D eigenvalue weighted by Gasteiger charge is -2.55. The highest BCUT2D eigenvalue weighted by Crippen LogP contribution is 2.60.